The first-order valence-electron chi connectivity index (χ1n) is 5.60. The number of benzene rings is 1. The highest BCUT2D eigenvalue weighted by atomic mass is 79.9. The van der Waals surface area contributed by atoms with Crippen LogP contribution in [0, 0.1) is 6.92 Å². The normalized spacial score (nSPS) is 10.5. The molecule has 2 aromatic rings. The highest BCUT2D eigenvalue weighted by Gasteiger charge is 2.17. The molecule has 0 amide bonds. The first-order valence-corrected chi connectivity index (χ1v) is 6.40. The van der Waals surface area contributed by atoms with Crippen LogP contribution in [-0.2, 0) is 7.05 Å². The smallest absolute Gasteiger partial charge is 0.352 e. The number of carbonyl (C=O) groups is 2. The van der Waals surface area contributed by atoms with Crippen molar-refractivity contribution >= 4 is 27.7 Å². The highest BCUT2D eigenvalue weighted by Crippen LogP contribution is 2.20. The number of carbonyl (C=O) groups excluding carboxylic acids is 1. The lowest BCUT2D eigenvalue weighted by molar-refractivity contribution is 0.0686. The fourth-order valence-corrected chi connectivity index (χ4v) is 2.26. The Labute approximate surface area is 118 Å². The summed E-state index contributed by atoms with van der Waals surface area (Å²) in [4.78, 5) is 23.4. The maximum absolute atomic E-state index is 12.4. The SMILES string of the molecule is Cc1ccc(Br)cc1C(=O)c1cc(C(=O)O)n(C)c1. The van der Waals surface area contributed by atoms with E-state index >= 15 is 0 Å². The van der Waals surface area contributed by atoms with E-state index in [4.69, 9.17) is 5.11 Å². The fraction of sp³-hybridized carbons (Fsp3) is 0.143. The second-order valence-electron chi connectivity index (χ2n) is 4.32. The van der Waals surface area contributed by atoms with E-state index in [-0.39, 0.29) is 11.5 Å². The van der Waals surface area contributed by atoms with Crippen LogP contribution in [0.2, 0.25) is 0 Å². The van der Waals surface area contributed by atoms with Gasteiger partial charge < -0.3 is 9.67 Å². The van der Waals surface area contributed by atoms with Gasteiger partial charge in [0.2, 0.25) is 0 Å². The zero-order valence-corrected chi connectivity index (χ0v) is 12.1. The van der Waals surface area contributed by atoms with Gasteiger partial charge in [0.15, 0.2) is 5.78 Å². The van der Waals surface area contributed by atoms with Gasteiger partial charge in [-0.3, -0.25) is 4.79 Å². The van der Waals surface area contributed by atoms with E-state index in [0.717, 1.165) is 10.0 Å². The molecule has 1 N–H and O–H groups in total. The number of carboxylic acids is 1. The molecule has 0 fully saturated rings. The van der Waals surface area contributed by atoms with Crippen molar-refractivity contribution in [2.75, 3.05) is 0 Å². The third-order valence-corrected chi connectivity index (χ3v) is 3.42. The van der Waals surface area contributed by atoms with E-state index in [1.54, 1.807) is 13.1 Å². The summed E-state index contributed by atoms with van der Waals surface area (Å²) in [5.74, 6) is -1.23. The van der Waals surface area contributed by atoms with Crippen LogP contribution in [0.5, 0.6) is 0 Å². The Hall–Kier alpha value is -1.88. The third-order valence-electron chi connectivity index (χ3n) is 2.93. The minimum absolute atomic E-state index is 0.0935. The molecular weight excluding hydrogens is 310 g/mol. The van der Waals surface area contributed by atoms with Gasteiger partial charge in [-0.15, -0.1) is 0 Å². The van der Waals surface area contributed by atoms with E-state index in [1.807, 2.05) is 19.1 Å². The molecule has 0 saturated carbocycles. The molecule has 5 heteroatoms. The molecule has 98 valence electrons. The Bertz CT molecular complexity index is 673. The average molecular weight is 322 g/mol. The largest absolute Gasteiger partial charge is 0.477 e. The maximum atomic E-state index is 12.4. The van der Waals surface area contributed by atoms with Crippen molar-refractivity contribution in [3.63, 3.8) is 0 Å². The molecule has 1 aromatic carbocycles. The molecule has 0 saturated heterocycles. The Morgan fingerprint density at radius 2 is 1.95 bits per heavy atom. The van der Waals surface area contributed by atoms with Gasteiger partial charge in [-0.1, -0.05) is 22.0 Å². The van der Waals surface area contributed by atoms with Gasteiger partial charge in [0.05, 0.1) is 0 Å². The number of aromatic nitrogens is 1. The fourth-order valence-electron chi connectivity index (χ4n) is 1.90. The summed E-state index contributed by atoms with van der Waals surface area (Å²) < 4.78 is 2.25. The lowest BCUT2D eigenvalue weighted by Crippen LogP contribution is -2.02. The van der Waals surface area contributed by atoms with Crippen molar-refractivity contribution in [1.29, 1.82) is 0 Å². The molecule has 4 nitrogen and oxygen atoms in total. The molecule has 0 radical (unpaired) electrons. The standard InChI is InChI=1S/C14H12BrNO3/c1-8-3-4-10(15)6-11(8)13(17)9-5-12(14(18)19)16(2)7-9/h3-7H,1-2H3,(H,18,19). The number of carboxylic acid groups (broad SMARTS) is 1. The van der Waals surface area contributed by atoms with Crippen molar-refractivity contribution < 1.29 is 14.7 Å². The predicted molar refractivity (Wildman–Crippen MR) is 74.7 cm³/mol. The zero-order chi connectivity index (χ0) is 14.2. The molecule has 0 unspecified atom stereocenters. The molecule has 1 heterocycles. The molecular formula is C14H12BrNO3. The van der Waals surface area contributed by atoms with Crippen molar-refractivity contribution in [3.8, 4) is 0 Å². The minimum Gasteiger partial charge on any atom is -0.477 e. The van der Waals surface area contributed by atoms with Crippen molar-refractivity contribution in [1.82, 2.24) is 4.57 Å². The molecule has 0 spiro atoms. The monoisotopic (exact) mass is 321 g/mol. The molecule has 0 aliphatic rings. The number of ketones is 1. The van der Waals surface area contributed by atoms with Gasteiger partial charge in [0, 0.05) is 28.8 Å². The van der Waals surface area contributed by atoms with E-state index in [1.165, 1.54) is 16.8 Å². The lowest BCUT2D eigenvalue weighted by Gasteiger charge is -2.03. The Balaban J connectivity index is 2.47. The van der Waals surface area contributed by atoms with Gasteiger partial charge in [-0.2, -0.15) is 0 Å². The number of hydrogen-bond acceptors (Lipinski definition) is 2. The van der Waals surface area contributed by atoms with Crippen LogP contribution in [0.15, 0.2) is 34.9 Å². The summed E-state index contributed by atoms with van der Waals surface area (Å²) in [5.41, 5.74) is 1.89. The van der Waals surface area contributed by atoms with Gasteiger partial charge in [0.25, 0.3) is 0 Å². The van der Waals surface area contributed by atoms with E-state index in [0.29, 0.717) is 11.1 Å². The molecule has 0 atom stereocenters. The first kappa shape index (κ1) is 13.5. The van der Waals surface area contributed by atoms with Crippen LogP contribution in [0.25, 0.3) is 0 Å². The van der Waals surface area contributed by atoms with Gasteiger partial charge in [-0.25, -0.2) is 4.79 Å². The zero-order valence-electron chi connectivity index (χ0n) is 10.5. The van der Waals surface area contributed by atoms with Crippen LogP contribution < -0.4 is 0 Å². The van der Waals surface area contributed by atoms with E-state index in [2.05, 4.69) is 15.9 Å². The summed E-state index contributed by atoms with van der Waals surface area (Å²) in [5, 5.41) is 8.99. The first-order chi connectivity index (χ1) is 8.90. The van der Waals surface area contributed by atoms with Gasteiger partial charge in [0.1, 0.15) is 5.69 Å². The summed E-state index contributed by atoms with van der Waals surface area (Å²) in [6, 6.07) is 6.84. The topological polar surface area (TPSA) is 59.3 Å². The number of hydrogen-bond donors (Lipinski definition) is 1. The molecule has 19 heavy (non-hydrogen) atoms. The number of rotatable bonds is 3. The van der Waals surface area contributed by atoms with Gasteiger partial charge >= 0.3 is 5.97 Å². The highest BCUT2D eigenvalue weighted by molar-refractivity contribution is 9.10. The van der Waals surface area contributed by atoms with Crippen LogP contribution in [0.3, 0.4) is 0 Å². The quantitative estimate of drug-likeness (QED) is 0.884. The van der Waals surface area contributed by atoms with Crippen LogP contribution in [-0.4, -0.2) is 21.4 Å². The Morgan fingerprint density at radius 1 is 1.26 bits per heavy atom. The number of aryl methyl sites for hydroxylation is 2. The minimum atomic E-state index is -1.05. The van der Waals surface area contributed by atoms with E-state index < -0.39 is 5.97 Å². The second-order valence-corrected chi connectivity index (χ2v) is 5.23. The molecule has 0 aliphatic carbocycles. The summed E-state index contributed by atoms with van der Waals surface area (Å²) in [7, 11) is 1.61. The van der Waals surface area contributed by atoms with Crippen molar-refractivity contribution in [3.05, 3.63) is 57.3 Å². The lowest BCUT2D eigenvalue weighted by atomic mass is 10.0. The molecule has 0 aliphatic heterocycles. The summed E-state index contributed by atoms with van der Waals surface area (Å²) in [6.07, 6.45) is 1.53. The van der Waals surface area contributed by atoms with Crippen molar-refractivity contribution in [2.45, 2.75) is 6.92 Å². The number of halogens is 1. The van der Waals surface area contributed by atoms with E-state index in [9.17, 15) is 9.59 Å². The summed E-state index contributed by atoms with van der Waals surface area (Å²) in [6.45, 7) is 1.85. The predicted octanol–water partition coefficient (Wildman–Crippen LogP) is 3.03. The average Bonchev–Trinajstić information content (AvgIpc) is 2.74. The van der Waals surface area contributed by atoms with Crippen LogP contribution in [0.4, 0.5) is 0 Å². The number of nitrogens with zero attached hydrogens (tertiary/aromatic N) is 1. The number of aromatic carboxylic acids is 1. The van der Waals surface area contributed by atoms with Crippen molar-refractivity contribution in [2.24, 2.45) is 7.05 Å². The molecule has 1 aromatic heterocycles. The third kappa shape index (κ3) is 2.61. The summed E-state index contributed by atoms with van der Waals surface area (Å²) >= 11 is 3.33. The molecule has 2 rings (SSSR count). The second kappa shape index (κ2) is 5.01. The Morgan fingerprint density at radius 3 is 2.53 bits per heavy atom. The maximum Gasteiger partial charge on any atom is 0.352 e. The Kier molecular flexibility index (Phi) is 3.57. The molecule has 0 bridgehead atoms. The van der Waals surface area contributed by atoms with Gasteiger partial charge in [-0.05, 0) is 30.7 Å². The van der Waals surface area contributed by atoms with Crippen LogP contribution in [0.1, 0.15) is 32.0 Å². The van der Waals surface area contributed by atoms with Crippen LogP contribution >= 0.6 is 15.9 Å².